The highest BCUT2D eigenvalue weighted by molar-refractivity contribution is 7.99. The highest BCUT2D eigenvalue weighted by Gasteiger charge is 2.11. The van der Waals surface area contributed by atoms with Crippen molar-refractivity contribution in [2.75, 3.05) is 18.2 Å². The molecule has 124 valence electrons. The Balaban J connectivity index is 1.90. The third kappa shape index (κ3) is 4.88. The number of carbonyl (C=O) groups is 1. The highest BCUT2D eigenvalue weighted by atomic mass is 32.2. The van der Waals surface area contributed by atoms with Crippen molar-refractivity contribution in [2.45, 2.75) is 31.5 Å². The number of anilines is 1. The molecule has 0 aliphatic rings. The standard InChI is InChI=1S/C15H20N4O3S/c1-3-4-9-19-14(21)17-18-15(19)23-10-13(20)16-11-5-7-12(22-2)8-6-11/h5-8H,3-4,9-10H2,1-2H3,(H,16,20)(H,17,21). The molecule has 8 heteroatoms. The molecule has 0 radical (unpaired) electrons. The number of thioether (sulfide) groups is 1. The molecule has 0 unspecified atom stereocenters. The fourth-order valence-corrected chi connectivity index (χ4v) is 2.70. The Morgan fingerprint density at radius 2 is 2.13 bits per heavy atom. The number of rotatable bonds is 8. The average Bonchev–Trinajstić information content (AvgIpc) is 2.91. The zero-order valence-electron chi connectivity index (χ0n) is 13.2. The van der Waals surface area contributed by atoms with Gasteiger partial charge < -0.3 is 10.1 Å². The second-order valence-electron chi connectivity index (χ2n) is 4.88. The lowest BCUT2D eigenvalue weighted by Gasteiger charge is -2.07. The van der Waals surface area contributed by atoms with Crippen LogP contribution < -0.4 is 15.7 Å². The van der Waals surface area contributed by atoms with E-state index in [9.17, 15) is 9.59 Å². The van der Waals surface area contributed by atoms with Crippen LogP contribution in [-0.4, -0.2) is 33.5 Å². The zero-order chi connectivity index (χ0) is 16.7. The van der Waals surface area contributed by atoms with E-state index >= 15 is 0 Å². The lowest BCUT2D eigenvalue weighted by molar-refractivity contribution is -0.113. The molecule has 0 saturated heterocycles. The van der Waals surface area contributed by atoms with E-state index in [1.54, 1.807) is 35.9 Å². The van der Waals surface area contributed by atoms with Gasteiger partial charge in [-0.25, -0.2) is 9.89 Å². The van der Waals surface area contributed by atoms with Crippen LogP contribution in [0.4, 0.5) is 5.69 Å². The number of nitrogens with zero attached hydrogens (tertiary/aromatic N) is 2. The molecule has 7 nitrogen and oxygen atoms in total. The molecule has 0 spiro atoms. The second kappa shape index (κ2) is 8.42. The van der Waals surface area contributed by atoms with Crippen molar-refractivity contribution in [3.05, 3.63) is 34.7 Å². The van der Waals surface area contributed by atoms with Gasteiger partial charge in [-0.1, -0.05) is 25.1 Å². The number of aromatic amines is 1. The summed E-state index contributed by atoms with van der Waals surface area (Å²) in [4.78, 5) is 23.6. The van der Waals surface area contributed by atoms with Gasteiger partial charge in [-0.2, -0.15) is 0 Å². The molecule has 0 fully saturated rings. The number of benzene rings is 1. The van der Waals surface area contributed by atoms with Gasteiger partial charge in [-0.05, 0) is 30.7 Å². The Hall–Kier alpha value is -2.22. The maximum atomic E-state index is 12.0. The van der Waals surface area contributed by atoms with E-state index in [0.717, 1.165) is 18.6 Å². The topological polar surface area (TPSA) is 89.0 Å². The minimum absolute atomic E-state index is 0.155. The van der Waals surface area contributed by atoms with Gasteiger partial charge in [0, 0.05) is 12.2 Å². The summed E-state index contributed by atoms with van der Waals surface area (Å²) < 4.78 is 6.63. The number of H-pyrrole nitrogens is 1. The molecule has 1 amide bonds. The number of aromatic nitrogens is 3. The number of methoxy groups -OCH3 is 1. The molecule has 2 rings (SSSR count). The van der Waals surface area contributed by atoms with Gasteiger partial charge in [0.25, 0.3) is 0 Å². The molecule has 2 N–H and O–H groups in total. The van der Waals surface area contributed by atoms with Crippen molar-refractivity contribution in [3.8, 4) is 5.75 Å². The van der Waals surface area contributed by atoms with Crippen LogP contribution in [0.5, 0.6) is 5.75 Å². The summed E-state index contributed by atoms with van der Waals surface area (Å²) in [6.07, 6.45) is 1.88. The molecule has 0 atom stereocenters. The lowest BCUT2D eigenvalue weighted by atomic mass is 10.3. The summed E-state index contributed by atoms with van der Waals surface area (Å²) in [5, 5.41) is 9.71. The Morgan fingerprint density at radius 3 is 2.78 bits per heavy atom. The predicted molar refractivity (Wildman–Crippen MR) is 90.1 cm³/mol. The lowest BCUT2D eigenvalue weighted by Crippen LogP contribution is -2.19. The van der Waals surface area contributed by atoms with Crippen molar-refractivity contribution in [1.29, 1.82) is 0 Å². The number of carbonyl (C=O) groups excluding carboxylic acids is 1. The molecule has 0 aliphatic carbocycles. The van der Waals surface area contributed by atoms with Crippen LogP contribution >= 0.6 is 11.8 Å². The Bertz CT molecular complexity index is 693. The van der Waals surface area contributed by atoms with E-state index in [1.165, 1.54) is 11.8 Å². The summed E-state index contributed by atoms with van der Waals surface area (Å²) in [6, 6.07) is 7.10. The first-order valence-electron chi connectivity index (χ1n) is 7.36. The van der Waals surface area contributed by atoms with Crippen LogP contribution in [-0.2, 0) is 11.3 Å². The van der Waals surface area contributed by atoms with E-state index < -0.39 is 0 Å². The quantitative estimate of drug-likeness (QED) is 0.721. The SMILES string of the molecule is CCCCn1c(SCC(=O)Nc2ccc(OC)cc2)n[nH]c1=O. The Kier molecular flexibility index (Phi) is 6.28. The number of ether oxygens (including phenoxy) is 1. The van der Waals surface area contributed by atoms with Gasteiger partial charge >= 0.3 is 5.69 Å². The zero-order valence-corrected chi connectivity index (χ0v) is 14.0. The third-order valence-electron chi connectivity index (χ3n) is 3.16. The van der Waals surface area contributed by atoms with E-state index in [1.807, 2.05) is 0 Å². The summed E-state index contributed by atoms with van der Waals surface area (Å²) in [5.41, 5.74) is 0.457. The first kappa shape index (κ1) is 17.1. The largest absolute Gasteiger partial charge is 0.497 e. The van der Waals surface area contributed by atoms with E-state index in [4.69, 9.17) is 4.74 Å². The Morgan fingerprint density at radius 1 is 1.39 bits per heavy atom. The van der Waals surface area contributed by atoms with Gasteiger partial charge in [0.15, 0.2) is 5.16 Å². The summed E-state index contributed by atoms with van der Waals surface area (Å²) in [5.74, 6) is 0.758. The fraction of sp³-hybridized carbons (Fsp3) is 0.400. The second-order valence-corrected chi connectivity index (χ2v) is 5.82. The van der Waals surface area contributed by atoms with Crippen LogP contribution in [0.15, 0.2) is 34.2 Å². The molecule has 23 heavy (non-hydrogen) atoms. The van der Waals surface area contributed by atoms with Crippen molar-refractivity contribution in [2.24, 2.45) is 0 Å². The smallest absolute Gasteiger partial charge is 0.343 e. The number of hydrogen-bond donors (Lipinski definition) is 2. The normalized spacial score (nSPS) is 10.5. The first-order chi connectivity index (χ1) is 11.1. The summed E-state index contributed by atoms with van der Waals surface area (Å²) in [7, 11) is 1.59. The van der Waals surface area contributed by atoms with Crippen LogP contribution in [0, 0.1) is 0 Å². The monoisotopic (exact) mass is 336 g/mol. The minimum Gasteiger partial charge on any atom is -0.497 e. The molecule has 0 bridgehead atoms. The van der Waals surface area contributed by atoms with Crippen LogP contribution in [0.1, 0.15) is 19.8 Å². The molecule has 1 heterocycles. The van der Waals surface area contributed by atoms with Crippen LogP contribution in [0.3, 0.4) is 0 Å². The van der Waals surface area contributed by atoms with Crippen molar-refractivity contribution >= 4 is 23.4 Å². The van der Waals surface area contributed by atoms with Crippen LogP contribution in [0.25, 0.3) is 0 Å². The molecular formula is C15H20N4O3S. The minimum atomic E-state index is -0.239. The van der Waals surface area contributed by atoms with Gasteiger partial charge in [0.05, 0.1) is 12.9 Å². The third-order valence-corrected chi connectivity index (χ3v) is 4.14. The highest BCUT2D eigenvalue weighted by Crippen LogP contribution is 2.17. The Labute approximate surface area is 138 Å². The predicted octanol–water partition coefficient (Wildman–Crippen LogP) is 2.11. The molecular weight excluding hydrogens is 316 g/mol. The number of hydrogen-bond acceptors (Lipinski definition) is 5. The van der Waals surface area contributed by atoms with Crippen molar-refractivity contribution < 1.29 is 9.53 Å². The van der Waals surface area contributed by atoms with Crippen molar-refractivity contribution in [3.63, 3.8) is 0 Å². The number of amides is 1. The first-order valence-corrected chi connectivity index (χ1v) is 8.34. The summed E-state index contributed by atoms with van der Waals surface area (Å²) >= 11 is 1.24. The van der Waals surface area contributed by atoms with Gasteiger partial charge in [0.1, 0.15) is 5.75 Å². The molecule has 0 saturated carbocycles. The van der Waals surface area contributed by atoms with Gasteiger partial charge in [0.2, 0.25) is 5.91 Å². The van der Waals surface area contributed by atoms with E-state index in [2.05, 4.69) is 22.4 Å². The van der Waals surface area contributed by atoms with Gasteiger partial charge in [-0.3, -0.25) is 9.36 Å². The van der Waals surface area contributed by atoms with E-state index in [0.29, 0.717) is 17.4 Å². The maximum absolute atomic E-state index is 12.0. The number of unbranched alkanes of at least 4 members (excludes halogenated alkanes) is 1. The molecule has 1 aromatic heterocycles. The van der Waals surface area contributed by atoms with E-state index in [-0.39, 0.29) is 17.3 Å². The number of nitrogens with one attached hydrogen (secondary N) is 2. The maximum Gasteiger partial charge on any atom is 0.343 e. The molecule has 2 aromatic rings. The summed E-state index contributed by atoms with van der Waals surface area (Å²) in [6.45, 7) is 2.66. The van der Waals surface area contributed by atoms with Gasteiger partial charge in [-0.15, -0.1) is 5.10 Å². The average molecular weight is 336 g/mol. The molecule has 1 aromatic carbocycles. The van der Waals surface area contributed by atoms with Crippen LogP contribution in [0.2, 0.25) is 0 Å². The van der Waals surface area contributed by atoms with Crippen molar-refractivity contribution in [1.82, 2.24) is 14.8 Å². The molecule has 0 aliphatic heterocycles. The fourth-order valence-electron chi connectivity index (χ4n) is 1.93.